The number of nitrogens with two attached hydrogens (primary N) is 1. The van der Waals surface area contributed by atoms with E-state index < -0.39 is 0 Å². The van der Waals surface area contributed by atoms with Crippen LogP contribution >= 0.6 is 11.6 Å². The molecule has 4 nitrogen and oxygen atoms in total. The minimum absolute atomic E-state index is 0.250. The molecular formula is C16H23ClN2O2. The van der Waals surface area contributed by atoms with Crippen LogP contribution in [-0.2, 0) is 4.74 Å². The molecule has 116 valence electrons. The van der Waals surface area contributed by atoms with Crippen molar-refractivity contribution in [3.05, 3.63) is 22.7 Å². The molecule has 0 spiro atoms. The third-order valence-corrected chi connectivity index (χ3v) is 3.93. The maximum atomic E-state index is 12.2. The van der Waals surface area contributed by atoms with Crippen molar-refractivity contribution in [2.24, 2.45) is 5.92 Å². The highest BCUT2D eigenvalue weighted by Crippen LogP contribution is 2.38. The van der Waals surface area contributed by atoms with Crippen LogP contribution < -0.4 is 10.6 Å². The van der Waals surface area contributed by atoms with Crippen molar-refractivity contribution in [2.45, 2.75) is 39.7 Å². The van der Waals surface area contributed by atoms with Crippen LogP contribution in [0, 0.1) is 5.92 Å². The van der Waals surface area contributed by atoms with Gasteiger partial charge in [0.2, 0.25) is 0 Å². The van der Waals surface area contributed by atoms with Gasteiger partial charge in [0, 0.05) is 18.3 Å². The van der Waals surface area contributed by atoms with Crippen LogP contribution in [-0.4, -0.2) is 25.2 Å². The van der Waals surface area contributed by atoms with E-state index in [1.54, 1.807) is 19.1 Å². The fourth-order valence-corrected chi connectivity index (χ4v) is 2.75. The van der Waals surface area contributed by atoms with Crippen molar-refractivity contribution < 1.29 is 9.53 Å². The Morgan fingerprint density at radius 2 is 2.14 bits per heavy atom. The lowest BCUT2D eigenvalue weighted by Crippen LogP contribution is -2.34. The molecule has 0 aliphatic heterocycles. The number of ether oxygens (including phenoxy) is 1. The van der Waals surface area contributed by atoms with Crippen LogP contribution in [0.15, 0.2) is 12.1 Å². The first-order chi connectivity index (χ1) is 9.93. The molecule has 1 aromatic rings. The van der Waals surface area contributed by atoms with Crippen LogP contribution in [0.3, 0.4) is 0 Å². The maximum absolute atomic E-state index is 12.2. The van der Waals surface area contributed by atoms with Crippen LogP contribution in [0.1, 0.15) is 44.0 Å². The van der Waals surface area contributed by atoms with Crippen molar-refractivity contribution in [3.8, 4) is 0 Å². The van der Waals surface area contributed by atoms with Crippen LogP contribution in [0.4, 0.5) is 11.4 Å². The molecule has 0 amide bonds. The second-order valence-electron chi connectivity index (χ2n) is 5.81. The van der Waals surface area contributed by atoms with Gasteiger partial charge in [0.15, 0.2) is 0 Å². The van der Waals surface area contributed by atoms with Crippen LogP contribution in [0.5, 0.6) is 0 Å². The van der Waals surface area contributed by atoms with Gasteiger partial charge in [-0.05, 0) is 51.7 Å². The summed E-state index contributed by atoms with van der Waals surface area (Å²) in [5, 5.41) is 0.507. The Hall–Kier alpha value is -1.42. The minimum Gasteiger partial charge on any atom is -0.462 e. The predicted octanol–water partition coefficient (Wildman–Crippen LogP) is 3.72. The number of halogens is 1. The summed E-state index contributed by atoms with van der Waals surface area (Å²) in [6.07, 6.45) is 2.48. The largest absolute Gasteiger partial charge is 0.462 e. The van der Waals surface area contributed by atoms with E-state index in [-0.39, 0.29) is 12.0 Å². The van der Waals surface area contributed by atoms with Gasteiger partial charge < -0.3 is 15.4 Å². The molecule has 0 radical (unpaired) electrons. The summed E-state index contributed by atoms with van der Waals surface area (Å²) in [7, 11) is 0. The van der Waals surface area contributed by atoms with E-state index in [1.165, 1.54) is 12.8 Å². The third kappa shape index (κ3) is 3.82. The minimum atomic E-state index is -0.372. The number of carbonyl (C=O) groups excluding carboxylic acids is 1. The molecular weight excluding hydrogens is 288 g/mol. The Kier molecular flexibility index (Phi) is 4.99. The molecule has 21 heavy (non-hydrogen) atoms. The molecule has 5 heteroatoms. The number of nitrogen functional groups attached to an aromatic ring is 1. The zero-order valence-electron chi connectivity index (χ0n) is 12.9. The quantitative estimate of drug-likeness (QED) is 0.642. The lowest BCUT2D eigenvalue weighted by atomic mass is 10.1. The molecule has 1 fully saturated rings. The van der Waals surface area contributed by atoms with Gasteiger partial charge in [0.1, 0.15) is 0 Å². The topological polar surface area (TPSA) is 55.6 Å². The Morgan fingerprint density at radius 3 is 2.67 bits per heavy atom. The summed E-state index contributed by atoms with van der Waals surface area (Å²) < 4.78 is 5.15. The Bertz CT molecular complexity index is 527. The summed E-state index contributed by atoms with van der Waals surface area (Å²) in [5.74, 6) is 0.319. The van der Waals surface area contributed by atoms with Crippen LogP contribution in [0.2, 0.25) is 5.02 Å². The lowest BCUT2D eigenvalue weighted by Gasteiger charge is -2.31. The van der Waals surface area contributed by atoms with E-state index >= 15 is 0 Å². The zero-order valence-corrected chi connectivity index (χ0v) is 13.6. The fourth-order valence-electron chi connectivity index (χ4n) is 2.42. The first-order valence-corrected chi connectivity index (χ1v) is 7.84. The van der Waals surface area contributed by atoms with Crippen molar-refractivity contribution in [2.75, 3.05) is 23.8 Å². The smallest absolute Gasteiger partial charge is 0.340 e. The van der Waals surface area contributed by atoms with Crippen molar-refractivity contribution >= 4 is 28.9 Å². The fraction of sp³-hybridized carbons (Fsp3) is 0.562. The highest BCUT2D eigenvalue weighted by atomic mass is 35.5. The van der Waals surface area contributed by atoms with Gasteiger partial charge in [0.25, 0.3) is 0 Å². The Morgan fingerprint density at radius 1 is 1.48 bits per heavy atom. The van der Waals surface area contributed by atoms with Crippen molar-refractivity contribution in [3.63, 3.8) is 0 Å². The molecule has 0 bridgehead atoms. The van der Waals surface area contributed by atoms with E-state index in [9.17, 15) is 4.79 Å². The molecule has 0 aromatic heterocycles. The highest BCUT2D eigenvalue weighted by Gasteiger charge is 2.29. The van der Waals surface area contributed by atoms with E-state index in [2.05, 4.69) is 18.7 Å². The van der Waals surface area contributed by atoms with Gasteiger partial charge >= 0.3 is 5.97 Å². The number of carbonyl (C=O) groups is 1. The summed E-state index contributed by atoms with van der Waals surface area (Å²) in [6.45, 7) is 7.23. The van der Waals surface area contributed by atoms with Gasteiger partial charge in [-0.25, -0.2) is 4.79 Å². The SMILES string of the molecule is CCOC(=O)c1cc(N)cc(Cl)c1N(CC1CC1)C(C)C. The van der Waals surface area contributed by atoms with Gasteiger partial charge in [-0.1, -0.05) is 11.6 Å². The van der Waals surface area contributed by atoms with E-state index in [0.29, 0.717) is 28.8 Å². The van der Waals surface area contributed by atoms with Crippen molar-refractivity contribution in [1.29, 1.82) is 0 Å². The van der Waals surface area contributed by atoms with Gasteiger partial charge in [-0.15, -0.1) is 0 Å². The molecule has 1 aromatic carbocycles. The molecule has 0 heterocycles. The molecule has 1 aliphatic carbocycles. The molecule has 1 aliphatic rings. The second-order valence-corrected chi connectivity index (χ2v) is 6.22. The molecule has 1 saturated carbocycles. The molecule has 2 rings (SSSR count). The van der Waals surface area contributed by atoms with Gasteiger partial charge in [0.05, 0.1) is 22.9 Å². The number of benzene rings is 1. The van der Waals surface area contributed by atoms with E-state index in [0.717, 1.165) is 12.2 Å². The summed E-state index contributed by atoms with van der Waals surface area (Å²) in [6, 6.07) is 3.60. The molecule has 0 unspecified atom stereocenters. The predicted molar refractivity (Wildman–Crippen MR) is 87.0 cm³/mol. The first kappa shape index (κ1) is 16.0. The normalized spacial score (nSPS) is 14.3. The third-order valence-electron chi connectivity index (χ3n) is 3.64. The average Bonchev–Trinajstić information content (AvgIpc) is 3.20. The number of esters is 1. The summed E-state index contributed by atoms with van der Waals surface area (Å²) >= 11 is 6.39. The monoisotopic (exact) mass is 310 g/mol. The number of rotatable bonds is 6. The summed E-state index contributed by atoms with van der Waals surface area (Å²) in [4.78, 5) is 14.4. The van der Waals surface area contributed by atoms with E-state index in [1.807, 2.05) is 0 Å². The molecule has 0 atom stereocenters. The number of anilines is 2. The molecule has 2 N–H and O–H groups in total. The Balaban J connectivity index is 2.44. The summed E-state index contributed by atoms with van der Waals surface area (Å²) in [5.41, 5.74) is 7.51. The second kappa shape index (κ2) is 6.56. The van der Waals surface area contributed by atoms with Crippen LogP contribution in [0.25, 0.3) is 0 Å². The zero-order chi connectivity index (χ0) is 15.6. The highest BCUT2D eigenvalue weighted by molar-refractivity contribution is 6.34. The lowest BCUT2D eigenvalue weighted by molar-refractivity contribution is 0.0527. The number of nitrogens with zero attached hydrogens (tertiary/aromatic N) is 1. The van der Waals surface area contributed by atoms with Gasteiger partial charge in [-0.3, -0.25) is 0 Å². The first-order valence-electron chi connectivity index (χ1n) is 7.46. The standard InChI is InChI=1S/C16H23ClN2O2/c1-4-21-16(20)13-7-12(18)8-14(17)15(13)19(10(2)3)9-11-5-6-11/h7-8,10-11H,4-6,9,18H2,1-3H3. The Labute approximate surface area is 131 Å². The molecule has 0 saturated heterocycles. The maximum Gasteiger partial charge on any atom is 0.340 e. The number of hydrogen-bond donors (Lipinski definition) is 1. The van der Waals surface area contributed by atoms with Crippen molar-refractivity contribution in [1.82, 2.24) is 0 Å². The average molecular weight is 311 g/mol. The van der Waals surface area contributed by atoms with E-state index in [4.69, 9.17) is 22.1 Å². The number of hydrogen-bond acceptors (Lipinski definition) is 4. The van der Waals surface area contributed by atoms with Gasteiger partial charge in [-0.2, -0.15) is 0 Å².